The van der Waals surface area contributed by atoms with Crippen LogP contribution >= 0.6 is 22.9 Å². The molecule has 0 unspecified atom stereocenters. The molecule has 0 aliphatic rings. The molecule has 0 radical (unpaired) electrons. The van der Waals surface area contributed by atoms with Crippen molar-refractivity contribution < 1.29 is 13.6 Å². The summed E-state index contributed by atoms with van der Waals surface area (Å²) in [6.45, 7) is 1.98. The monoisotopic (exact) mass is 286 g/mol. The molecule has 2 rings (SSSR count). The molecule has 2 aromatic rings. The van der Waals surface area contributed by atoms with Crippen molar-refractivity contribution in [2.24, 2.45) is 0 Å². The fraction of sp³-hybridized carbons (Fsp3) is 0.154. The van der Waals surface area contributed by atoms with E-state index in [0.29, 0.717) is 4.88 Å². The van der Waals surface area contributed by atoms with Crippen molar-refractivity contribution in [1.29, 1.82) is 0 Å². The molecule has 0 amide bonds. The van der Waals surface area contributed by atoms with Crippen molar-refractivity contribution in [2.45, 2.75) is 13.3 Å². The van der Waals surface area contributed by atoms with Gasteiger partial charge in [0.25, 0.3) is 0 Å². The number of benzene rings is 1. The third-order valence-electron chi connectivity index (χ3n) is 2.49. The molecule has 1 aromatic carbocycles. The number of carbonyl (C=O) groups excluding carboxylic acids is 1. The third-order valence-corrected chi connectivity index (χ3v) is 4.03. The highest BCUT2D eigenvalue weighted by molar-refractivity contribution is 7.14. The summed E-state index contributed by atoms with van der Waals surface area (Å²) in [5, 5.41) is -0.0784. The maximum Gasteiger partial charge on any atom is 0.204 e. The average Bonchev–Trinajstić information content (AvgIpc) is 2.81. The molecule has 1 heterocycles. The Morgan fingerprint density at radius 2 is 1.94 bits per heavy atom. The lowest BCUT2D eigenvalue weighted by Gasteiger charge is -2.02. The van der Waals surface area contributed by atoms with Gasteiger partial charge in [-0.3, -0.25) is 4.79 Å². The van der Waals surface area contributed by atoms with Crippen LogP contribution in [0.5, 0.6) is 0 Å². The minimum absolute atomic E-state index is 0.0138. The number of ketones is 1. The number of thiophene rings is 1. The van der Waals surface area contributed by atoms with E-state index in [1.165, 1.54) is 11.3 Å². The molecular weight excluding hydrogens is 278 g/mol. The lowest BCUT2D eigenvalue weighted by molar-refractivity contribution is 0.104. The zero-order chi connectivity index (χ0) is 13.3. The molecule has 0 aliphatic carbocycles. The largest absolute Gasteiger partial charge is 0.288 e. The Kier molecular flexibility index (Phi) is 3.78. The molecule has 18 heavy (non-hydrogen) atoms. The summed E-state index contributed by atoms with van der Waals surface area (Å²) in [6.07, 6.45) is 0.823. The molecule has 94 valence electrons. The highest BCUT2D eigenvalue weighted by Gasteiger charge is 2.18. The van der Waals surface area contributed by atoms with E-state index in [9.17, 15) is 13.6 Å². The first-order chi connectivity index (χ1) is 8.52. The van der Waals surface area contributed by atoms with E-state index in [4.69, 9.17) is 11.6 Å². The van der Waals surface area contributed by atoms with Crippen LogP contribution < -0.4 is 0 Å². The fourth-order valence-electron chi connectivity index (χ4n) is 1.52. The number of aryl methyl sites for hydroxylation is 1. The van der Waals surface area contributed by atoms with Crippen LogP contribution in [0.2, 0.25) is 5.02 Å². The van der Waals surface area contributed by atoms with Gasteiger partial charge >= 0.3 is 0 Å². The van der Waals surface area contributed by atoms with Gasteiger partial charge in [-0.1, -0.05) is 18.5 Å². The predicted molar refractivity (Wildman–Crippen MR) is 68.5 cm³/mol. The van der Waals surface area contributed by atoms with Gasteiger partial charge in [0.2, 0.25) is 5.78 Å². The van der Waals surface area contributed by atoms with Crippen molar-refractivity contribution in [3.05, 3.63) is 56.2 Å². The second-order valence-corrected chi connectivity index (χ2v) is 5.27. The smallest absolute Gasteiger partial charge is 0.204 e. The van der Waals surface area contributed by atoms with Crippen LogP contribution in [0.4, 0.5) is 8.78 Å². The quantitative estimate of drug-likeness (QED) is 0.601. The van der Waals surface area contributed by atoms with Crippen LogP contribution in [0.1, 0.15) is 27.0 Å². The maximum absolute atomic E-state index is 13.1. The predicted octanol–water partition coefficient (Wildman–Crippen LogP) is 4.47. The molecular formula is C13H9ClF2OS. The zero-order valence-electron chi connectivity index (χ0n) is 9.47. The van der Waals surface area contributed by atoms with Crippen LogP contribution in [0.3, 0.4) is 0 Å². The molecule has 0 saturated carbocycles. The van der Waals surface area contributed by atoms with Gasteiger partial charge in [0.05, 0.1) is 9.90 Å². The molecule has 1 nitrogen and oxygen atoms in total. The topological polar surface area (TPSA) is 17.1 Å². The molecule has 0 atom stereocenters. The Balaban J connectivity index is 2.42. The Labute approximate surface area is 112 Å². The fourth-order valence-corrected chi connectivity index (χ4v) is 2.66. The second-order valence-electron chi connectivity index (χ2n) is 3.69. The Hall–Kier alpha value is -1.26. The van der Waals surface area contributed by atoms with Gasteiger partial charge in [0, 0.05) is 10.4 Å². The summed E-state index contributed by atoms with van der Waals surface area (Å²) in [5.74, 6) is -2.52. The first kappa shape index (κ1) is 13.2. The van der Waals surface area contributed by atoms with E-state index in [1.807, 2.05) is 13.0 Å². The van der Waals surface area contributed by atoms with Crippen LogP contribution in [-0.2, 0) is 6.42 Å². The zero-order valence-corrected chi connectivity index (χ0v) is 11.0. The maximum atomic E-state index is 13.1. The molecule has 0 spiro atoms. The van der Waals surface area contributed by atoms with Crippen molar-refractivity contribution >= 4 is 28.7 Å². The minimum atomic E-state index is -1.07. The molecule has 0 bridgehead atoms. The van der Waals surface area contributed by atoms with E-state index >= 15 is 0 Å². The summed E-state index contributed by atoms with van der Waals surface area (Å²) in [6, 6.07) is 5.17. The highest BCUT2D eigenvalue weighted by atomic mass is 35.5. The average molecular weight is 287 g/mol. The number of hydrogen-bond acceptors (Lipinski definition) is 2. The van der Waals surface area contributed by atoms with Gasteiger partial charge in [0.15, 0.2) is 11.6 Å². The summed E-state index contributed by atoms with van der Waals surface area (Å²) >= 11 is 7.09. The second kappa shape index (κ2) is 5.16. The normalized spacial score (nSPS) is 10.7. The first-order valence-electron chi connectivity index (χ1n) is 5.31. The SMILES string of the molecule is CCc1ccc(C(=O)c2cc(F)c(F)cc2Cl)s1. The molecule has 5 heteroatoms. The van der Waals surface area contributed by atoms with E-state index < -0.39 is 11.6 Å². The summed E-state index contributed by atoms with van der Waals surface area (Å²) in [4.78, 5) is 13.6. The molecule has 0 aliphatic heterocycles. The lowest BCUT2D eigenvalue weighted by atomic mass is 10.1. The van der Waals surface area contributed by atoms with Gasteiger partial charge in [0.1, 0.15) is 0 Å². The van der Waals surface area contributed by atoms with Crippen molar-refractivity contribution in [3.8, 4) is 0 Å². The van der Waals surface area contributed by atoms with E-state index in [2.05, 4.69) is 0 Å². The van der Waals surface area contributed by atoms with Gasteiger partial charge in [-0.25, -0.2) is 8.78 Å². The van der Waals surface area contributed by atoms with Gasteiger partial charge < -0.3 is 0 Å². The van der Waals surface area contributed by atoms with E-state index in [1.54, 1.807) is 6.07 Å². The Morgan fingerprint density at radius 3 is 2.56 bits per heavy atom. The summed E-state index contributed by atoms with van der Waals surface area (Å²) in [5.41, 5.74) is -0.0138. The highest BCUT2D eigenvalue weighted by Crippen LogP contribution is 2.26. The van der Waals surface area contributed by atoms with Crippen LogP contribution in [-0.4, -0.2) is 5.78 Å². The molecule has 1 aromatic heterocycles. The van der Waals surface area contributed by atoms with Crippen molar-refractivity contribution in [1.82, 2.24) is 0 Å². The summed E-state index contributed by atoms with van der Waals surface area (Å²) < 4.78 is 26.0. The minimum Gasteiger partial charge on any atom is -0.288 e. The Bertz CT molecular complexity index is 607. The first-order valence-corrected chi connectivity index (χ1v) is 6.50. The van der Waals surface area contributed by atoms with Crippen LogP contribution in [0.25, 0.3) is 0 Å². The van der Waals surface area contributed by atoms with Crippen LogP contribution in [0.15, 0.2) is 24.3 Å². The third kappa shape index (κ3) is 2.44. The lowest BCUT2D eigenvalue weighted by Crippen LogP contribution is -2.01. The van der Waals surface area contributed by atoms with E-state index in [0.717, 1.165) is 23.4 Å². The van der Waals surface area contributed by atoms with Gasteiger partial charge in [-0.05, 0) is 30.7 Å². The van der Waals surface area contributed by atoms with Gasteiger partial charge in [-0.2, -0.15) is 0 Å². The number of halogens is 3. The number of hydrogen-bond donors (Lipinski definition) is 0. The number of rotatable bonds is 3. The molecule has 0 fully saturated rings. The summed E-state index contributed by atoms with van der Waals surface area (Å²) in [7, 11) is 0. The standard InChI is InChI=1S/C13H9ClF2OS/c1-2-7-3-4-12(18-7)13(17)8-5-10(15)11(16)6-9(8)14/h3-6H,2H2,1H3. The van der Waals surface area contributed by atoms with Crippen molar-refractivity contribution in [2.75, 3.05) is 0 Å². The van der Waals surface area contributed by atoms with Crippen molar-refractivity contribution in [3.63, 3.8) is 0 Å². The van der Waals surface area contributed by atoms with Crippen LogP contribution in [0, 0.1) is 11.6 Å². The Morgan fingerprint density at radius 1 is 1.28 bits per heavy atom. The van der Waals surface area contributed by atoms with Gasteiger partial charge in [-0.15, -0.1) is 11.3 Å². The molecule has 0 saturated heterocycles. The number of carbonyl (C=O) groups is 1. The molecule has 0 N–H and O–H groups in total. The van der Waals surface area contributed by atoms with E-state index in [-0.39, 0.29) is 16.4 Å².